The number of nitrogens with two attached hydrogens (primary N) is 1. The van der Waals surface area contributed by atoms with Crippen LogP contribution in [0.4, 0.5) is 23.2 Å². The first-order valence-electron chi connectivity index (χ1n) is 10.1. The second-order valence-corrected chi connectivity index (χ2v) is 11.3. The Morgan fingerprint density at radius 1 is 1.11 bits per heavy atom. The summed E-state index contributed by atoms with van der Waals surface area (Å²) in [7, 11) is -3.99. The molecular formula is C21H16ClF4N5O2S2. The van der Waals surface area contributed by atoms with E-state index in [9.17, 15) is 26.0 Å². The van der Waals surface area contributed by atoms with Crippen LogP contribution >= 0.6 is 22.9 Å². The average molecular weight is 546 g/mol. The van der Waals surface area contributed by atoms with Crippen LogP contribution in [0.25, 0.3) is 21.1 Å². The Balaban J connectivity index is 1.55. The number of anilines is 1. The second-order valence-electron chi connectivity index (χ2n) is 8.29. The molecule has 2 aromatic carbocycles. The number of halogens is 5. The molecule has 1 saturated heterocycles. The van der Waals surface area contributed by atoms with Gasteiger partial charge in [0, 0.05) is 41.8 Å². The van der Waals surface area contributed by atoms with Crippen molar-refractivity contribution in [3.8, 4) is 0 Å². The van der Waals surface area contributed by atoms with E-state index in [1.165, 1.54) is 41.7 Å². The van der Waals surface area contributed by atoms with Crippen molar-refractivity contribution in [1.82, 2.24) is 14.3 Å². The van der Waals surface area contributed by atoms with Gasteiger partial charge in [-0.1, -0.05) is 11.6 Å². The third kappa shape index (κ3) is 4.54. The molecule has 3 N–H and O–H groups in total. The number of alkyl halides is 3. The SMILES string of the molecule is NS(=O)(=O)N1CC(CNc2cc(C(F)(F)F)nc3ccc(Cl)cc23)(c2nc3cc(F)ccc3s2)C1. The van der Waals surface area contributed by atoms with Crippen LogP contribution in [-0.2, 0) is 21.8 Å². The zero-order valence-electron chi connectivity index (χ0n) is 17.6. The van der Waals surface area contributed by atoms with E-state index in [4.69, 9.17) is 16.7 Å². The van der Waals surface area contributed by atoms with Crippen LogP contribution in [0.3, 0.4) is 0 Å². The van der Waals surface area contributed by atoms with Gasteiger partial charge in [-0.05, 0) is 36.4 Å². The number of rotatable bonds is 5. The molecule has 0 unspecified atom stereocenters. The minimum absolute atomic E-state index is 0.0320. The van der Waals surface area contributed by atoms with Crippen molar-refractivity contribution in [3.05, 3.63) is 64.0 Å². The predicted octanol–water partition coefficient (Wildman–Crippen LogP) is 4.52. The number of nitrogens with zero attached hydrogens (tertiary/aromatic N) is 3. The molecule has 0 atom stereocenters. The third-order valence-electron chi connectivity index (χ3n) is 5.80. The zero-order chi connectivity index (χ0) is 25.2. The fourth-order valence-corrected chi connectivity index (χ4v) is 6.15. The fraction of sp³-hybridized carbons (Fsp3) is 0.238. The van der Waals surface area contributed by atoms with Crippen molar-refractivity contribution in [2.75, 3.05) is 25.0 Å². The minimum Gasteiger partial charge on any atom is -0.383 e. The summed E-state index contributed by atoms with van der Waals surface area (Å²) in [6, 6.07) is 9.34. The zero-order valence-corrected chi connectivity index (χ0v) is 20.0. The molecule has 14 heteroatoms. The van der Waals surface area contributed by atoms with Crippen molar-refractivity contribution < 1.29 is 26.0 Å². The summed E-state index contributed by atoms with van der Waals surface area (Å²) in [4.78, 5) is 8.19. The van der Waals surface area contributed by atoms with Gasteiger partial charge in [0.2, 0.25) is 0 Å². The Labute approximate surface area is 205 Å². The highest BCUT2D eigenvalue weighted by Crippen LogP contribution is 2.41. The Morgan fingerprint density at radius 3 is 2.54 bits per heavy atom. The number of fused-ring (bicyclic) bond motifs is 2. The van der Waals surface area contributed by atoms with E-state index in [1.807, 2.05) is 0 Å². The normalized spacial score (nSPS) is 16.5. The van der Waals surface area contributed by atoms with Crippen molar-refractivity contribution in [2.45, 2.75) is 11.6 Å². The van der Waals surface area contributed by atoms with Crippen LogP contribution in [-0.4, -0.2) is 42.3 Å². The van der Waals surface area contributed by atoms with Gasteiger partial charge in [0.25, 0.3) is 10.2 Å². The summed E-state index contributed by atoms with van der Waals surface area (Å²) >= 11 is 7.32. The predicted molar refractivity (Wildman–Crippen MR) is 126 cm³/mol. The molecule has 5 rings (SSSR count). The molecule has 3 heterocycles. The van der Waals surface area contributed by atoms with Crippen molar-refractivity contribution in [2.24, 2.45) is 5.14 Å². The van der Waals surface area contributed by atoms with Crippen molar-refractivity contribution in [3.63, 3.8) is 0 Å². The summed E-state index contributed by atoms with van der Waals surface area (Å²) in [6.45, 7) is -0.0572. The van der Waals surface area contributed by atoms with E-state index in [1.54, 1.807) is 6.07 Å². The largest absolute Gasteiger partial charge is 0.433 e. The van der Waals surface area contributed by atoms with Crippen molar-refractivity contribution in [1.29, 1.82) is 0 Å². The number of nitrogens with one attached hydrogen (secondary N) is 1. The summed E-state index contributed by atoms with van der Waals surface area (Å²) in [6.07, 6.45) is -4.68. The van der Waals surface area contributed by atoms with E-state index in [2.05, 4.69) is 15.3 Å². The van der Waals surface area contributed by atoms with Gasteiger partial charge in [-0.25, -0.2) is 19.5 Å². The highest BCUT2D eigenvalue weighted by atomic mass is 35.5. The topological polar surface area (TPSA) is 101 Å². The Bertz CT molecular complexity index is 1570. The van der Waals surface area contributed by atoms with Crippen LogP contribution in [0.15, 0.2) is 42.5 Å². The van der Waals surface area contributed by atoms with Crippen LogP contribution in [0, 0.1) is 5.82 Å². The van der Waals surface area contributed by atoms with Gasteiger partial charge < -0.3 is 5.32 Å². The molecule has 0 aliphatic carbocycles. The third-order valence-corrected chi connectivity index (χ3v) is 8.30. The molecule has 1 aliphatic rings. The molecule has 0 spiro atoms. The monoisotopic (exact) mass is 545 g/mol. The highest BCUT2D eigenvalue weighted by Gasteiger charge is 2.50. The standard InChI is InChI=1S/C21H16ClF4N5O2S2/c22-11-1-3-14-13(5-11)15(7-18(29-14)21(24,25)26)28-8-20(9-31(10-20)35(27,32)33)19-30-16-6-12(23)2-4-17(16)34-19/h1-7H,8-10H2,(H,28,29)(H2,27,32,33). The maximum absolute atomic E-state index is 13.7. The maximum atomic E-state index is 13.7. The van der Waals surface area contributed by atoms with Gasteiger partial charge in [0.1, 0.15) is 16.5 Å². The summed E-state index contributed by atoms with van der Waals surface area (Å²) in [5.41, 5.74) is -1.36. The molecular weight excluding hydrogens is 530 g/mol. The fourth-order valence-electron chi connectivity index (χ4n) is 4.01. The molecule has 0 bridgehead atoms. The second kappa shape index (κ2) is 8.23. The van der Waals surface area contributed by atoms with Crippen LogP contribution < -0.4 is 10.5 Å². The Hall–Kier alpha value is -2.58. The van der Waals surface area contributed by atoms with Crippen LogP contribution in [0.1, 0.15) is 10.7 Å². The number of pyridine rings is 1. The van der Waals surface area contributed by atoms with E-state index in [0.29, 0.717) is 25.6 Å². The van der Waals surface area contributed by atoms with Gasteiger partial charge in [-0.2, -0.15) is 25.9 Å². The smallest absolute Gasteiger partial charge is 0.383 e. The molecule has 1 aliphatic heterocycles. The van der Waals surface area contributed by atoms with Gasteiger partial charge in [-0.3, -0.25) is 0 Å². The summed E-state index contributed by atoms with van der Waals surface area (Å²) in [5, 5.41) is 9.49. The van der Waals surface area contributed by atoms with E-state index in [-0.39, 0.29) is 30.8 Å². The highest BCUT2D eigenvalue weighted by molar-refractivity contribution is 7.86. The molecule has 4 aromatic rings. The number of aromatic nitrogens is 2. The first kappa shape index (κ1) is 24.1. The maximum Gasteiger partial charge on any atom is 0.433 e. The molecule has 1 fully saturated rings. The summed E-state index contributed by atoms with van der Waals surface area (Å²) < 4.78 is 79.6. The molecule has 184 valence electrons. The molecule has 2 aromatic heterocycles. The lowest BCUT2D eigenvalue weighted by Gasteiger charge is -2.47. The first-order valence-corrected chi connectivity index (χ1v) is 12.8. The Kier molecular flexibility index (Phi) is 5.68. The number of hydrogen-bond donors (Lipinski definition) is 2. The lowest BCUT2D eigenvalue weighted by molar-refractivity contribution is -0.140. The molecule has 0 amide bonds. The number of hydrogen-bond acceptors (Lipinski definition) is 6. The van der Waals surface area contributed by atoms with E-state index >= 15 is 0 Å². The van der Waals surface area contributed by atoms with E-state index < -0.39 is 33.3 Å². The van der Waals surface area contributed by atoms with E-state index in [0.717, 1.165) is 10.4 Å². The quantitative estimate of drug-likeness (QED) is 0.359. The Morgan fingerprint density at radius 2 is 1.86 bits per heavy atom. The van der Waals surface area contributed by atoms with Crippen LogP contribution in [0.5, 0.6) is 0 Å². The molecule has 7 nitrogen and oxygen atoms in total. The molecule has 0 saturated carbocycles. The van der Waals surface area contributed by atoms with Crippen LogP contribution in [0.2, 0.25) is 5.02 Å². The lowest BCUT2D eigenvalue weighted by Crippen LogP contribution is -2.65. The number of thiazole rings is 1. The lowest BCUT2D eigenvalue weighted by atomic mass is 9.82. The van der Waals surface area contributed by atoms with Crippen molar-refractivity contribution >= 4 is 60.0 Å². The number of benzene rings is 2. The van der Waals surface area contributed by atoms with Gasteiger partial charge in [0.15, 0.2) is 0 Å². The minimum atomic E-state index is -4.68. The van der Waals surface area contributed by atoms with Gasteiger partial charge >= 0.3 is 6.18 Å². The molecule has 35 heavy (non-hydrogen) atoms. The van der Waals surface area contributed by atoms with Gasteiger partial charge in [-0.15, -0.1) is 11.3 Å². The average Bonchev–Trinajstić information content (AvgIpc) is 3.14. The summed E-state index contributed by atoms with van der Waals surface area (Å²) in [5.74, 6) is -0.471. The van der Waals surface area contributed by atoms with Gasteiger partial charge in [0.05, 0.1) is 21.1 Å². The first-order chi connectivity index (χ1) is 16.3. The molecule has 0 radical (unpaired) electrons.